The van der Waals surface area contributed by atoms with Crippen LogP contribution in [0.15, 0.2) is 54.6 Å². The van der Waals surface area contributed by atoms with Gasteiger partial charge in [0.15, 0.2) is 0 Å². The molecule has 6 nitrogen and oxygen atoms in total. The van der Waals surface area contributed by atoms with E-state index in [0.717, 1.165) is 5.56 Å². The average molecular weight is 402 g/mol. The van der Waals surface area contributed by atoms with Crippen LogP contribution in [0.2, 0.25) is 5.15 Å². The molecule has 0 aliphatic heterocycles. The van der Waals surface area contributed by atoms with Gasteiger partial charge in [-0.15, -0.1) is 0 Å². The number of nitrogens with one attached hydrogen (secondary N) is 1. The number of carbonyl (C=O) groups excluding carboxylic acids is 2. The quantitative estimate of drug-likeness (QED) is 0.642. The van der Waals surface area contributed by atoms with Crippen LogP contribution in [-0.4, -0.2) is 28.2 Å². The van der Waals surface area contributed by atoms with Crippen molar-refractivity contribution in [2.24, 2.45) is 0 Å². The summed E-state index contributed by atoms with van der Waals surface area (Å²) >= 11 is 6.29. The van der Waals surface area contributed by atoms with E-state index in [1.165, 1.54) is 28.9 Å². The first kappa shape index (κ1) is 19.6. The van der Waals surface area contributed by atoms with Crippen LogP contribution in [-0.2, 0) is 16.1 Å². The van der Waals surface area contributed by atoms with Crippen molar-refractivity contribution in [3.63, 3.8) is 0 Å². The van der Waals surface area contributed by atoms with Crippen LogP contribution in [0.1, 0.15) is 21.6 Å². The molecule has 3 rings (SSSR count). The number of amides is 1. The Morgan fingerprint density at radius 3 is 2.50 bits per heavy atom. The van der Waals surface area contributed by atoms with Gasteiger partial charge in [0.25, 0.3) is 5.91 Å². The standard InChI is InChI=1S/C20H17ClFN3O3/c1-13-18(19(21)25(24-13)16-9-7-15(22)8-10-16)20(27)23-11-17(26)28-12-14-5-3-2-4-6-14/h2-10H,11-12H2,1H3,(H,23,27). The van der Waals surface area contributed by atoms with Gasteiger partial charge < -0.3 is 10.1 Å². The summed E-state index contributed by atoms with van der Waals surface area (Å²) in [5.41, 5.74) is 1.88. The Morgan fingerprint density at radius 2 is 1.82 bits per heavy atom. The third kappa shape index (κ3) is 4.55. The van der Waals surface area contributed by atoms with Gasteiger partial charge in [0.05, 0.1) is 16.9 Å². The Bertz CT molecular complexity index is 988. The fourth-order valence-corrected chi connectivity index (χ4v) is 2.90. The molecule has 0 fully saturated rings. The second-order valence-electron chi connectivity index (χ2n) is 5.97. The van der Waals surface area contributed by atoms with E-state index in [1.807, 2.05) is 30.3 Å². The van der Waals surface area contributed by atoms with Crippen LogP contribution >= 0.6 is 11.6 Å². The second-order valence-corrected chi connectivity index (χ2v) is 6.33. The molecule has 8 heteroatoms. The molecule has 1 amide bonds. The molecule has 1 aromatic heterocycles. The third-order valence-corrected chi connectivity index (χ3v) is 4.29. The van der Waals surface area contributed by atoms with Gasteiger partial charge in [0.1, 0.15) is 24.1 Å². The van der Waals surface area contributed by atoms with E-state index < -0.39 is 17.7 Å². The lowest BCUT2D eigenvalue weighted by Gasteiger charge is -2.07. The minimum atomic E-state index is -0.572. The SMILES string of the molecule is Cc1nn(-c2ccc(F)cc2)c(Cl)c1C(=O)NCC(=O)OCc1ccccc1. The van der Waals surface area contributed by atoms with E-state index in [2.05, 4.69) is 10.4 Å². The van der Waals surface area contributed by atoms with Crippen molar-refractivity contribution in [1.82, 2.24) is 15.1 Å². The van der Waals surface area contributed by atoms with E-state index in [1.54, 1.807) is 6.92 Å². The summed E-state index contributed by atoms with van der Waals surface area (Å²) in [5, 5.41) is 6.77. The molecule has 1 N–H and O–H groups in total. The fourth-order valence-electron chi connectivity index (χ4n) is 2.54. The average Bonchev–Trinajstić information content (AvgIpc) is 3.00. The number of rotatable bonds is 6. The molecule has 0 unspecified atom stereocenters. The monoisotopic (exact) mass is 401 g/mol. The third-order valence-electron chi connectivity index (χ3n) is 3.94. The van der Waals surface area contributed by atoms with Crippen molar-refractivity contribution in [3.8, 4) is 5.69 Å². The number of hydrogen-bond donors (Lipinski definition) is 1. The minimum Gasteiger partial charge on any atom is -0.460 e. The molecular weight excluding hydrogens is 385 g/mol. The van der Waals surface area contributed by atoms with Crippen molar-refractivity contribution in [2.75, 3.05) is 6.54 Å². The van der Waals surface area contributed by atoms with Gasteiger partial charge in [0, 0.05) is 0 Å². The minimum absolute atomic E-state index is 0.0688. The summed E-state index contributed by atoms with van der Waals surface area (Å²) in [4.78, 5) is 24.3. The van der Waals surface area contributed by atoms with Crippen LogP contribution in [0.4, 0.5) is 4.39 Å². The number of esters is 1. The molecule has 1 heterocycles. The lowest BCUT2D eigenvalue weighted by atomic mass is 10.2. The Labute approximate surface area is 165 Å². The van der Waals surface area contributed by atoms with Crippen LogP contribution < -0.4 is 5.32 Å². The van der Waals surface area contributed by atoms with Gasteiger partial charge in [-0.1, -0.05) is 41.9 Å². The molecule has 3 aromatic rings. The van der Waals surface area contributed by atoms with Crippen LogP contribution in [0, 0.1) is 12.7 Å². The van der Waals surface area contributed by atoms with E-state index in [-0.39, 0.29) is 23.9 Å². The molecule has 0 saturated heterocycles. The van der Waals surface area contributed by atoms with Gasteiger partial charge >= 0.3 is 5.97 Å². The van der Waals surface area contributed by atoms with Crippen LogP contribution in [0.3, 0.4) is 0 Å². The number of carbonyl (C=O) groups is 2. The highest BCUT2D eigenvalue weighted by atomic mass is 35.5. The Hall–Kier alpha value is -3.19. The van der Waals surface area contributed by atoms with Gasteiger partial charge in [-0.25, -0.2) is 9.07 Å². The zero-order chi connectivity index (χ0) is 20.1. The van der Waals surface area contributed by atoms with Gasteiger partial charge in [-0.2, -0.15) is 5.10 Å². The normalized spacial score (nSPS) is 10.5. The summed E-state index contributed by atoms with van der Waals surface area (Å²) in [6, 6.07) is 14.7. The van der Waals surface area contributed by atoms with Crippen molar-refractivity contribution in [1.29, 1.82) is 0 Å². The molecule has 0 aliphatic carbocycles. The van der Waals surface area contributed by atoms with Crippen LogP contribution in [0.25, 0.3) is 5.69 Å². The highest BCUT2D eigenvalue weighted by Crippen LogP contribution is 2.23. The maximum atomic E-state index is 13.1. The molecule has 28 heavy (non-hydrogen) atoms. The van der Waals surface area contributed by atoms with E-state index in [4.69, 9.17) is 16.3 Å². The van der Waals surface area contributed by atoms with Gasteiger partial charge in [-0.05, 0) is 36.8 Å². The van der Waals surface area contributed by atoms with Gasteiger partial charge in [0.2, 0.25) is 0 Å². The second kappa shape index (κ2) is 8.67. The predicted molar refractivity (Wildman–Crippen MR) is 102 cm³/mol. The van der Waals surface area contributed by atoms with Crippen LogP contribution in [0.5, 0.6) is 0 Å². The largest absolute Gasteiger partial charge is 0.460 e. The maximum Gasteiger partial charge on any atom is 0.325 e. The lowest BCUT2D eigenvalue weighted by molar-refractivity contribution is -0.143. The summed E-state index contributed by atoms with van der Waals surface area (Å²) in [7, 11) is 0. The summed E-state index contributed by atoms with van der Waals surface area (Å²) in [5.74, 6) is -1.51. The highest BCUT2D eigenvalue weighted by Gasteiger charge is 2.21. The predicted octanol–water partition coefficient (Wildman–Crippen LogP) is 3.45. The number of ether oxygens (including phenoxy) is 1. The molecule has 0 bridgehead atoms. The smallest absolute Gasteiger partial charge is 0.325 e. The number of nitrogens with zero attached hydrogens (tertiary/aromatic N) is 2. The molecular formula is C20H17ClFN3O3. The number of aromatic nitrogens is 2. The molecule has 0 aliphatic rings. The van der Waals surface area contributed by atoms with E-state index in [9.17, 15) is 14.0 Å². The Morgan fingerprint density at radius 1 is 1.14 bits per heavy atom. The molecule has 0 saturated carbocycles. The highest BCUT2D eigenvalue weighted by molar-refractivity contribution is 6.33. The first-order chi connectivity index (χ1) is 13.5. The molecule has 2 aromatic carbocycles. The lowest BCUT2D eigenvalue weighted by Crippen LogP contribution is -2.31. The number of benzene rings is 2. The van der Waals surface area contributed by atoms with Gasteiger partial charge in [-0.3, -0.25) is 9.59 Å². The maximum absolute atomic E-state index is 13.1. The topological polar surface area (TPSA) is 73.2 Å². The van der Waals surface area contributed by atoms with Crippen molar-refractivity contribution >= 4 is 23.5 Å². The van der Waals surface area contributed by atoms with E-state index >= 15 is 0 Å². The first-order valence-electron chi connectivity index (χ1n) is 8.44. The summed E-state index contributed by atoms with van der Waals surface area (Å²) in [6.45, 7) is 1.44. The van der Waals surface area contributed by atoms with Crippen molar-refractivity contribution < 1.29 is 18.7 Å². The molecule has 0 radical (unpaired) electrons. The Balaban J connectivity index is 1.63. The van der Waals surface area contributed by atoms with Crippen molar-refractivity contribution in [3.05, 3.63) is 82.4 Å². The molecule has 144 valence electrons. The number of hydrogen-bond acceptors (Lipinski definition) is 4. The number of halogens is 2. The Kier molecular flexibility index (Phi) is 6.06. The van der Waals surface area contributed by atoms with Crippen molar-refractivity contribution in [2.45, 2.75) is 13.5 Å². The molecule has 0 spiro atoms. The molecule has 0 atom stereocenters. The number of aryl methyl sites for hydroxylation is 1. The van der Waals surface area contributed by atoms with E-state index in [0.29, 0.717) is 11.4 Å². The summed E-state index contributed by atoms with van der Waals surface area (Å²) in [6.07, 6.45) is 0. The first-order valence-corrected chi connectivity index (χ1v) is 8.82. The summed E-state index contributed by atoms with van der Waals surface area (Å²) < 4.78 is 19.5. The zero-order valence-electron chi connectivity index (χ0n) is 15.0. The fraction of sp³-hybridized carbons (Fsp3) is 0.150. The zero-order valence-corrected chi connectivity index (χ0v) is 15.7.